The Kier molecular flexibility index (Phi) is 4.71. The highest BCUT2D eigenvalue weighted by molar-refractivity contribution is 7.18. The predicted molar refractivity (Wildman–Crippen MR) is 89.8 cm³/mol. The lowest BCUT2D eigenvalue weighted by Gasteiger charge is -2.15. The Morgan fingerprint density at radius 1 is 1.21 bits per heavy atom. The van der Waals surface area contributed by atoms with Crippen molar-refractivity contribution < 1.29 is 13.6 Å². The van der Waals surface area contributed by atoms with Crippen LogP contribution in [0.5, 0.6) is 0 Å². The van der Waals surface area contributed by atoms with Gasteiger partial charge in [-0.3, -0.25) is 0 Å². The summed E-state index contributed by atoms with van der Waals surface area (Å²) in [6, 6.07) is 10.5. The first-order valence-corrected chi connectivity index (χ1v) is 8.18. The van der Waals surface area contributed by atoms with Crippen molar-refractivity contribution in [2.24, 2.45) is 0 Å². The van der Waals surface area contributed by atoms with Crippen LogP contribution in [0.3, 0.4) is 0 Å². The molecule has 0 saturated heterocycles. The van der Waals surface area contributed by atoms with Crippen molar-refractivity contribution in [3.05, 3.63) is 64.7 Å². The van der Waals surface area contributed by atoms with Gasteiger partial charge in [0.15, 0.2) is 11.6 Å². The molecular formula is C17H15F2N3OS. The lowest BCUT2D eigenvalue weighted by molar-refractivity contribution is 0.237. The molecule has 0 aliphatic rings. The van der Waals surface area contributed by atoms with Crippen molar-refractivity contribution in [2.45, 2.75) is 19.5 Å². The first-order valence-electron chi connectivity index (χ1n) is 7.36. The molecule has 2 aromatic carbocycles. The van der Waals surface area contributed by atoms with Crippen molar-refractivity contribution >= 4 is 27.6 Å². The highest BCUT2D eigenvalue weighted by Crippen LogP contribution is 2.21. The number of thiazole rings is 1. The monoisotopic (exact) mass is 347 g/mol. The molecule has 24 heavy (non-hydrogen) atoms. The maximum atomic E-state index is 13.2. The van der Waals surface area contributed by atoms with Crippen LogP contribution in [0.25, 0.3) is 10.2 Å². The summed E-state index contributed by atoms with van der Waals surface area (Å²) in [6.45, 7) is 2.00. The van der Waals surface area contributed by atoms with Crippen LogP contribution < -0.4 is 10.6 Å². The summed E-state index contributed by atoms with van der Waals surface area (Å²) in [5, 5.41) is 6.20. The van der Waals surface area contributed by atoms with E-state index in [9.17, 15) is 13.6 Å². The fraction of sp³-hybridized carbons (Fsp3) is 0.176. The van der Waals surface area contributed by atoms with Gasteiger partial charge in [0.05, 0.1) is 22.8 Å². The van der Waals surface area contributed by atoms with Gasteiger partial charge in [0.25, 0.3) is 0 Å². The number of aromatic nitrogens is 1. The molecule has 124 valence electrons. The third kappa shape index (κ3) is 3.68. The SMILES string of the molecule is CC(NC(=O)NCc1nc2ccccc2s1)c1ccc(F)c(F)c1. The highest BCUT2D eigenvalue weighted by Gasteiger charge is 2.12. The number of carbonyl (C=O) groups is 1. The molecule has 0 fully saturated rings. The molecule has 0 spiro atoms. The molecular weight excluding hydrogens is 332 g/mol. The number of urea groups is 1. The van der Waals surface area contributed by atoms with Gasteiger partial charge in [-0.25, -0.2) is 18.6 Å². The smallest absolute Gasteiger partial charge is 0.315 e. The number of rotatable bonds is 4. The first-order chi connectivity index (χ1) is 11.5. The Morgan fingerprint density at radius 3 is 2.75 bits per heavy atom. The summed E-state index contributed by atoms with van der Waals surface area (Å²) >= 11 is 1.51. The summed E-state index contributed by atoms with van der Waals surface area (Å²) in [4.78, 5) is 16.4. The Morgan fingerprint density at radius 2 is 2.00 bits per heavy atom. The number of halogens is 2. The minimum Gasteiger partial charge on any atom is -0.332 e. The number of nitrogens with zero attached hydrogens (tertiary/aromatic N) is 1. The second kappa shape index (κ2) is 6.92. The standard InChI is InChI=1S/C17H15F2N3OS/c1-10(11-6-7-12(18)13(19)8-11)21-17(23)20-9-16-22-14-4-2-3-5-15(14)24-16/h2-8,10H,9H2,1H3,(H2,20,21,23). The first kappa shape index (κ1) is 16.3. The third-order valence-corrected chi connectivity index (χ3v) is 4.57. The van der Waals surface area contributed by atoms with E-state index in [-0.39, 0.29) is 0 Å². The molecule has 0 bridgehead atoms. The van der Waals surface area contributed by atoms with E-state index < -0.39 is 23.7 Å². The highest BCUT2D eigenvalue weighted by atomic mass is 32.1. The molecule has 7 heteroatoms. The van der Waals surface area contributed by atoms with Crippen LogP contribution in [0.1, 0.15) is 23.5 Å². The molecule has 3 rings (SSSR count). The summed E-state index contributed by atoms with van der Waals surface area (Å²) < 4.78 is 27.2. The number of nitrogens with one attached hydrogen (secondary N) is 2. The molecule has 4 nitrogen and oxygen atoms in total. The largest absolute Gasteiger partial charge is 0.332 e. The Labute approximate surface area is 141 Å². The number of para-hydroxylation sites is 1. The summed E-state index contributed by atoms with van der Waals surface area (Å²) in [6.07, 6.45) is 0. The van der Waals surface area contributed by atoms with E-state index in [0.717, 1.165) is 27.4 Å². The van der Waals surface area contributed by atoms with Gasteiger partial charge in [0.2, 0.25) is 0 Å². The number of hydrogen-bond donors (Lipinski definition) is 2. The van der Waals surface area contributed by atoms with Crippen molar-refractivity contribution in [1.29, 1.82) is 0 Å². The van der Waals surface area contributed by atoms with Crippen molar-refractivity contribution in [2.75, 3.05) is 0 Å². The molecule has 2 amide bonds. The van der Waals surface area contributed by atoms with Gasteiger partial charge in [0, 0.05) is 0 Å². The fourth-order valence-electron chi connectivity index (χ4n) is 2.26. The molecule has 0 radical (unpaired) electrons. The third-order valence-electron chi connectivity index (χ3n) is 3.53. The molecule has 0 aliphatic heterocycles. The van der Waals surface area contributed by atoms with Gasteiger partial charge in [-0.1, -0.05) is 18.2 Å². The average Bonchev–Trinajstić information content (AvgIpc) is 2.98. The van der Waals surface area contributed by atoms with E-state index in [2.05, 4.69) is 15.6 Å². The Hall–Kier alpha value is -2.54. The van der Waals surface area contributed by atoms with Gasteiger partial charge < -0.3 is 10.6 Å². The van der Waals surface area contributed by atoms with Gasteiger partial charge in [-0.15, -0.1) is 11.3 Å². The van der Waals surface area contributed by atoms with E-state index in [1.165, 1.54) is 17.4 Å². The number of amides is 2. The second-order valence-electron chi connectivity index (χ2n) is 5.30. The second-order valence-corrected chi connectivity index (χ2v) is 6.41. The molecule has 2 N–H and O–H groups in total. The molecule has 0 saturated carbocycles. The van der Waals surface area contributed by atoms with E-state index in [1.807, 2.05) is 24.3 Å². The summed E-state index contributed by atoms with van der Waals surface area (Å²) in [5.41, 5.74) is 1.39. The average molecular weight is 347 g/mol. The van der Waals surface area contributed by atoms with Crippen LogP contribution in [-0.4, -0.2) is 11.0 Å². The molecule has 3 aromatic rings. The van der Waals surface area contributed by atoms with Crippen LogP contribution in [0.2, 0.25) is 0 Å². The Balaban J connectivity index is 1.57. The normalized spacial score (nSPS) is 12.1. The fourth-order valence-corrected chi connectivity index (χ4v) is 3.17. The predicted octanol–water partition coefficient (Wildman–Crippen LogP) is 4.13. The number of benzene rings is 2. The minimum atomic E-state index is -0.934. The lowest BCUT2D eigenvalue weighted by atomic mass is 10.1. The zero-order valence-corrected chi connectivity index (χ0v) is 13.7. The molecule has 1 aromatic heterocycles. The van der Waals surface area contributed by atoms with E-state index in [0.29, 0.717) is 12.1 Å². The van der Waals surface area contributed by atoms with Crippen LogP contribution >= 0.6 is 11.3 Å². The molecule has 1 unspecified atom stereocenters. The molecule has 0 aliphatic carbocycles. The van der Waals surface area contributed by atoms with Crippen molar-refractivity contribution in [3.63, 3.8) is 0 Å². The van der Waals surface area contributed by atoms with Gasteiger partial charge in [0.1, 0.15) is 5.01 Å². The van der Waals surface area contributed by atoms with Crippen molar-refractivity contribution in [3.8, 4) is 0 Å². The number of fused-ring (bicyclic) bond motifs is 1. The van der Waals surface area contributed by atoms with Gasteiger partial charge in [-0.2, -0.15) is 0 Å². The van der Waals surface area contributed by atoms with Gasteiger partial charge in [-0.05, 0) is 36.8 Å². The molecule has 1 atom stereocenters. The summed E-state index contributed by atoms with van der Waals surface area (Å²) in [5.74, 6) is -1.85. The van der Waals surface area contributed by atoms with Crippen LogP contribution in [0.4, 0.5) is 13.6 Å². The zero-order chi connectivity index (χ0) is 17.1. The van der Waals surface area contributed by atoms with Crippen LogP contribution in [0.15, 0.2) is 42.5 Å². The van der Waals surface area contributed by atoms with Crippen LogP contribution in [-0.2, 0) is 6.54 Å². The topological polar surface area (TPSA) is 54.0 Å². The van der Waals surface area contributed by atoms with E-state index in [1.54, 1.807) is 6.92 Å². The van der Waals surface area contributed by atoms with E-state index in [4.69, 9.17) is 0 Å². The molecule has 1 heterocycles. The number of hydrogen-bond acceptors (Lipinski definition) is 3. The maximum absolute atomic E-state index is 13.2. The zero-order valence-electron chi connectivity index (χ0n) is 12.8. The van der Waals surface area contributed by atoms with Crippen molar-refractivity contribution in [1.82, 2.24) is 15.6 Å². The van der Waals surface area contributed by atoms with E-state index >= 15 is 0 Å². The lowest BCUT2D eigenvalue weighted by Crippen LogP contribution is -2.36. The van der Waals surface area contributed by atoms with Crippen LogP contribution in [0, 0.1) is 11.6 Å². The quantitative estimate of drug-likeness (QED) is 0.745. The Bertz CT molecular complexity index is 848. The number of carbonyl (C=O) groups excluding carboxylic acids is 1. The maximum Gasteiger partial charge on any atom is 0.315 e. The van der Waals surface area contributed by atoms with Gasteiger partial charge >= 0.3 is 6.03 Å². The summed E-state index contributed by atoms with van der Waals surface area (Å²) in [7, 11) is 0. The minimum absolute atomic E-state index is 0.301.